The molecule has 0 aliphatic carbocycles. The van der Waals surface area contributed by atoms with E-state index in [1.54, 1.807) is 12.1 Å². The van der Waals surface area contributed by atoms with Crippen LogP contribution < -0.4 is 10.1 Å². The maximum Gasteiger partial charge on any atom is 0.264 e. The van der Waals surface area contributed by atoms with E-state index in [0.717, 1.165) is 5.56 Å². The van der Waals surface area contributed by atoms with Crippen LogP contribution in [0.15, 0.2) is 54.6 Å². The van der Waals surface area contributed by atoms with Crippen LogP contribution in [0.3, 0.4) is 0 Å². The van der Waals surface area contributed by atoms with Gasteiger partial charge in [-0.25, -0.2) is 4.39 Å². The van der Waals surface area contributed by atoms with Crippen molar-refractivity contribution in [1.29, 1.82) is 0 Å². The Morgan fingerprint density at radius 3 is 2.61 bits per heavy atom. The van der Waals surface area contributed by atoms with Crippen LogP contribution in [0.25, 0.3) is 10.6 Å². The number of halogens is 1. The van der Waals surface area contributed by atoms with Gasteiger partial charge >= 0.3 is 0 Å². The molecule has 1 aromatic heterocycles. The minimum absolute atomic E-state index is 0.0323. The first kappa shape index (κ1) is 15.1. The number of nitrogens with zero attached hydrogens (tertiary/aromatic N) is 2. The fourth-order valence-electron chi connectivity index (χ4n) is 1.83. The fourth-order valence-corrected chi connectivity index (χ4v) is 2.60. The van der Waals surface area contributed by atoms with Crippen molar-refractivity contribution in [3.8, 4) is 16.3 Å². The summed E-state index contributed by atoms with van der Waals surface area (Å²) in [5.41, 5.74) is 0.924. The van der Waals surface area contributed by atoms with Crippen LogP contribution in [-0.2, 0) is 4.79 Å². The number of para-hydroxylation sites is 1. The first-order valence-electron chi connectivity index (χ1n) is 6.78. The van der Waals surface area contributed by atoms with Gasteiger partial charge in [-0.1, -0.05) is 53.8 Å². The predicted molar refractivity (Wildman–Crippen MR) is 85.9 cm³/mol. The van der Waals surface area contributed by atoms with Crippen molar-refractivity contribution in [3.63, 3.8) is 0 Å². The van der Waals surface area contributed by atoms with Crippen molar-refractivity contribution in [1.82, 2.24) is 10.2 Å². The van der Waals surface area contributed by atoms with Gasteiger partial charge in [-0.3, -0.25) is 10.1 Å². The lowest BCUT2D eigenvalue weighted by Crippen LogP contribution is -2.20. The molecule has 0 unspecified atom stereocenters. The molecule has 1 heterocycles. The number of hydrogen-bond acceptors (Lipinski definition) is 5. The van der Waals surface area contributed by atoms with Gasteiger partial charge in [0.05, 0.1) is 0 Å². The first-order chi connectivity index (χ1) is 11.2. The second-order valence-corrected chi connectivity index (χ2v) is 5.52. The minimum atomic E-state index is -0.512. The monoisotopic (exact) mass is 329 g/mol. The number of ether oxygens (including phenoxy) is 1. The number of carbonyl (C=O) groups excluding carboxylic acids is 1. The molecule has 0 spiro atoms. The maximum atomic E-state index is 13.4. The smallest absolute Gasteiger partial charge is 0.264 e. The number of anilines is 1. The highest BCUT2D eigenvalue weighted by Gasteiger charge is 2.11. The minimum Gasteiger partial charge on any atom is -0.481 e. The van der Waals surface area contributed by atoms with E-state index in [1.807, 2.05) is 30.3 Å². The predicted octanol–water partition coefficient (Wildman–Crippen LogP) is 3.36. The molecule has 116 valence electrons. The van der Waals surface area contributed by atoms with Crippen LogP contribution in [0.5, 0.6) is 5.75 Å². The second kappa shape index (κ2) is 6.97. The van der Waals surface area contributed by atoms with Crippen LogP contribution >= 0.6 is 11.3 Å². The molecule has 1 amide bonds. The summed E-state index contributed by atoms with van der Waals surface area (Å²) in [7, 11) is 0. The number of amides is 1. The van der Waals surface area contributed by atoms with Gasteiger partial charge in [0.1, 0.15) is 5.01 Å². The highest BCUT2D eigenvalue weighted by molar-refractivity contribution is 7.18. The van der Waals surface area contributed by atoms with E-state index in [2.05, 4.69) is 15.5 Å². The molecule has 0 bridgehead atoms. The summed E-state index contributed by atoms with van der Waals surface area (Å²) in [5, 5.41) is 11.6. The van der Waals surface area contributed by atoms with Crippen molar-refractivity contribution in [3.05, 3.63) is 60.4 Å². The number of rotatable bonds is 5. The summed E-state index contributed by atoms with van der Waals surface area (Å²) in [6.45, 7) is -0.304. The van der Waals surface area contributed by atoms with Crippen molar-refractivity contribution >= 4 is 22.4 Å². The molecule has 1 N–H and O–H groups in total. The van der Waals surface area contributed by atoms with Gasteiger partial charge in [-0.15, -0.1) is 10.2 Å². The average Bonchev–Trinajstić information content (AvgIpc) is 3.03. The molecule has 0 fully saturated rings. The summed E-state index contributed by atoms with van der Waals surface area (Å²) in [6, 6.07) is 15.4. The molecule has 2 aromatic carbocycles. The van der Waals surface area contributed by atoms with Crippen LogP contribution in [0.4, 0.5) is 9.52 Å². The zero-order chi connectivity index (χ0) is 16.1. The molecular formula is C16H12FN3O2S. The zero-order valence-electron chi connectivity index (χ0n) is 11.9. The van der Waals surface area contributed by atoms with Gasteiger partial charge in [-0.2, -0.15) is 0 Å². The zero-order valence-corrected chi connectivity index (χ0v) is 12.7. The number of benzene rings is 2. The number of carbonyl (C=O) groups is 1. The third-order valence-electron chi connectivity index (χ3n) is 2.89. The molecule has 23 heavy (non-hydrogen) atoms. The molecule has 0 aliphatic heterocycles. The Kier molecular flexibility index (Phi) is 4.58. The fraction of sp³-hybridized carbons (Fsp3) is 0.0625. The molecule has 7 heteroatoms. The lowest BCUT2D eigenvalue weighted by atomic mass is 10.2. The molecule has 0 atom stereocenters. The van der Waals surface area contributed by atoms with Crippen LogP contribution in [0.2, 0.25) is 0 Å². The van der Waals surface area contributed by atoms with Gasteiger partial charge in [0.15, 0.2) is 18.2 Å². The van der Waals surface area contributed by atoms with Crippen LogP contribution in [0, 0.1) is 5.82 Å². The van der Waals surface area contributed by atoms with E-state index >= 15 is 0 Å². The summed E-state index contributed by atoms with van der Waals surface area (Å²) in [4.78, 5) is 11.8. The summed E-state index contributed by atoms with van der Waals surface area (Å²) >= 11 is 1.26. The van der Waals surface area contributed by atoms with E-state index in [9.17, 15) is 9.18 Å². The molecule has 0 aliphatic rings. The summed E-state index contributed by atoms with van der Waals surface area (Å²) in [6.07, 6.45) is 0. The third-order valence-corrected chi connectivity index (χ3v) is 3.78. The standard InChI is InChI=1S/C16H12FN3O2S/c17-12-8-4-5-9-13(12)22-10-14(21)18-16-20-19-15(23-16)11-6-2-1-3-7-11/h1-9H,10H2,(H,18,20,21). The Morgan fingerprint density at radius 2 is 1.83 bits per heavy atom. The maximum absolute atomic E-state index is 13.4. The Bertz CT molecular complexity index is 808. The Balaban J connectivity index is 1.58. The lowest BCUT2D eigenvalue weighted by Gasteiger charge is -2.05. The van der Waals surface area contributed by atoms with Gasteiger partial charge in [0, 0.05) is 5.56 Å². The van der Waals surface area contributed by atoms with Crippen LogP contribution in [0.1, 0.15) is 0 Å². The number of nitrogens with one attached hydrogen (secondary N) is 1. The Labute approximate surface area is 135 Å². The lowest BCUT2D eigenvalue weighted by molar-refractivity contribution is -0.118. The van der Waals surface area contributed by atoms with E-state index in [0.29, 0.717) is 10.1 Å². The van der Waals surface area contributed by atoms with E-state index < -0.39 is 11.7 Å². The highest BCUT2D eigenvalue weighted by atomic mass is 32.1. The largest absolute Gasteiger partial charge is 0.481 e. The SMILES string of the molecule is O=C(COc1ccccc1F)Nc1nnc(-c2ccccc2)s1. The van der Waals surface area contributed by atoms with E-state index in [1.165, 1.54) is 23.5 Å². The first-order valence-corrected chi connectivity index (χ1v) is 7.60. The van der Waals surface area contributed by atoms with Crippen molar-refractivity contribution in [2.24, 2.45) is 0 Å². The van der Waals surface area contributed by atoms with Crippen LogP contribution in [-0.4, -0.2) is 22.7 Å². The highest BCUT2D eigenvalue weighted by Crippen LogP contribution is 2.25. The van der Waals surface area contributed by atoms with Gasteiger partial charge in [0.25, 0.3) is 5.91 Å². The third kappa shape index (κ3) is 3.89. The second-order valence-electron chi connectivity index (χ2n) is 4.55. The van der Waals surface area contributed by atoms with Gasteiger partial charge in [0.2, 0.25) is 5.13 Å². The molecule has 0 saturated heterocycles. The number of hydrogen-bond donors (Lipinski definition) is 1. The summed E-state index contributed by atoms with van der Waals surface area (Å²) in [5.74, 6) is -0.906. The molecule has 5 nitrogen and oxygen atoms in total. The summed E-state index contributed by atoms with van der Waals surface area (Å²) < 4.78 is 18.5. The molecule has 3 aromatic rings. The van der Waals surface area contributed by atoms with E-state index in [4.69, 9.17) is 4.74 Å². The number of aromatic nitrogens is 2. The van der Waals surface area contributed by atoms with Crippen molar-refractivity contribution in [2.45, 2.75) is 0 Å². The molecule has 0 radical (unpaired) electrons. The van der Waals surface area contributed by atoms with Crippen molar-refractivity contribution < 1.29 is 13.9 Å². The average molecular weight is 329 g/mol. The molecule has 3 rings (SSSR count). The Hall–Kier alpha value is -2.80. The molecule has 0 saturated carbocycles. The normalized spacial score (nSPS) is 10.3. The van der Waals surface area contributed by atoms with E-state index in [-0.39, 0.29) is 12.4 Å². The van der Waals surface area contributed by atoms with Gasteiger partial charge < -0.3 is 4.74 Å². The topological polar surface area (TPSA) is 64.1 Å². The Morgan fingerprint density at radius 1 is 1.09 bits per heavy atom. The van der Waals surface area contributed by atoms with Gasteiger partial charge in [-0.05, 0) is 12.1 Å². The van der Waals surface area contributed by atoms with Crippen molar-refractivity contribution in [2.75, 3.05) is 11.9 Å². The quantitative estimate of drug-likeness (QED) is 0.779. The molecular weight excluding hydrogens is 317 g/mol.